The van der Waals surface area contributed by atoms with Crippen molar-refractivity contribution in [3.8, 4) is 11.3 Å². The van der Waals surface area contributed by atoms with E-state index in [0.29, 0.717) is 48.1 Å². The standard InChI is InChI=1S/C27H29ClN4O3/c28-20-8-7-9-21(18-20)30-14-16-32(17-15-30)27(34)24-25(35-19-29-24)22-10-3-4-11-23(22)26(33)31-12-5-1-2-6-13-31/h3-4,7-11,18-19H,1-2,5-6,12-17H2. The first-order valence-electron chi connectivity index (χ1n) is 12.2. The predicted molar refractivity (Wildman–Crippen MR) is 136 cm³/mol. The third-order valence-corrected chi connectivity index (χ3v) is 7.04. The van der Waals surface area contributed by atoms with Gasteiger partial charge in [-0.05, 0) is 37.1 Å². The zero-order chi connectivity index (χ0) is 24.2. The fourth-order valence-corrected chi connectivity index (χ4v) is 5.08. The third-order valence-electron chi connectivity index (χ3n) is 6.81. The predicted octanol–water partition coefficient (Wildman–Crippen LogP) is 4.97. The minimum atomic E-state index is -0.184. The second kappa shape index (κ2) is 10.5. The fourth-order valence-electron chi connectivity index (χ4n) is 4.89. The Morgan fingerprint density at radius 2 is 1.51 bits per heavy atom. The summed E-state index contributed by atoms with van der Waals surface area (Å²) in [6, 6.07) is 15.1. The molecule has 0 saturated carbocycles. The van der Waals surface area contributed by atoms with Crippen molar-refractivity contribution in [1.82, 2.24) is 14.8 Å². The number of amides is 2. The van der Waals surface area contributed by atoms with Gasteiger partial charge in [0.05, 0.1) is 5.56 Å². The topological polar surface area (TPSA) is 69.9 Å². The van der Waals surface area contributed by atoms with E-state index in [2.05, 4.69) is 9.88 Å². The number of oxazole rings is 1. The Hall–Kier alpha value is -3.32. The van der Waals surface area contributed by atoms with E-state index in [9.17, 15) is 9.59 Å². The Bertz CT molecular complexity index is 1190. The summed E-state index contributed by atoms with van der Waals surface area (Å²) in [5, 5.41) is 0.696. The van der Waals surface area contributed by atoms with E-state index in [1.807, 2.05) is 53.4 Å². The van der Waals surface area contributed by atoms with Crippen LogP contribution in [0.4, 0.5) is 5.69 Å². The summed E-state index contributed by atoms with van der Waals surface area (Å²) in [4.78, 5) is 37.0. The van der Waals surface area contributed by atoms with Crippen LogP contribution >= 0.6 is 11.6 Å². The zero-order valence-electron chi connectivity index (χ0n) is 19.7. The van der Waals surface area contributed by atoms with Gasteiger partial charge < -0.3 is 19.1 Å². The number of piperazine rings is 1. The zero-order valence-corrected chi connectivity index (χ0v) is 20.4. The molecule has 2 saturated heterocycles. The lowest BCUT2D eigenvalue weighted by Gasteiger charge is -2.36. The number of rotatable bonds is 4. The second-order valence-corrected chi connectivity index (χ2v) is 9.48. The van der Waals surface area contributed by atoms with Gasteiger partial charge in [-0.1, -0.05) is 48.7 Å². The molecule has 8 heteroatoms. The lowest BCUT2D eigenvalue weighted by Crippen LogP contribution is -2.49. The molecule has 35 heavy (non-hydrogen) atoms. The van der Waals surface area contributed by atoms with Crippen LogP contribution in [0.3, 0.4) is 0 Å². The first-order valence-corrected chi connectivity index (χ1v) is 12.6. The highest BCUT2D eigenvalue weighted by Crippen LogP contribution is 2.30. The molecule has 0 N–H and O–H groups in total. The number of hydrogen-bond acceptors (Lipinski definition) is 5. The minimum Gasteiger partial charge on any atom is -0.443 e. The number of hydrogen-bond donors (Lipinski definition) is 0. The Kier molecular flexibility index (Phi) is 7.04. The molecule has 1 aromatic heterocycles. The molecule has 0 unspecified atom stereocenters. The van der Waals surface area contributed by atoms with E-state index in [0.717, 1.165) is 44.5 Å². The summed E-state index contributed by atoms with van der Waals surface area (Å²) in [5.74, 6) is 0.148. The van der Waals surface area contributed by atoms with E-state index >= 15 is 0 Å². The van der Waals surface area contributed by atoms with Crippen LogP contribution in [0, 0.1) is 0 Å². The third kappa shape index (κ3) is 5.05. The number of anilines is 1. The Balaban J connectivity index is 1.34. The molecule has 2 aliphatic heterocycles. The van der Waals surface area contributed by atoms with Gasteiger partial charge in [-0.2, -0.15) is 0 Å². The lowest BCUT2D eigenvalue weighted by atomic mass is 10.0. The average Bonchev–Trinajstić information content (AvgIpc) is 3.22. The first kappa shape index (κ1) is 23.4. The second-order valence-electron chi connectivity index (χ2n) is 9.04. The van der Waals surface area contributed by atoms with Crippen molar-refractivity contribution in [3.63, 3.8) is 0 Å². The SMILES string of the molecule is O=C(c1ccccc1-c1ocnc1C(=O)N1CCN(c2cccc(Cl)c2)CC1)N1CCCCCC1. The molecular weight excluding hydrogens is 464 g/mol. The smallest absolute Gasteiger partial charge is 0.276 e. The molecular formula is C27H29ClN4O3. The molecule has 0 bridgehead atoms. The van der Waals surface area contributed by atoms with E-state index in [4.69, 9.17) is 16.0 Å². The molecule has 2 aromatic carbocycles. The number of carbonyl (C=O) groups excluding carboxylic acids is 2. The summed E-state index contributed by atoms with van der Waals surface area (Å²) in [6.45, 7) is 4.03. The summed E-state index contributed by atoms with van der Waals surface area (Å²) >= 11 is 6.14. The number of nitrogens with zero attached hydrogens (tertiary/aromatic N) is 4. The van der Waals surface area contributed by atoms with Gasteiger partial charge in [0.2, 0.25) is 0 Å². The Morgan fingerprint density at radius 3 is 2.26 bits per heavy atom. The summed E-state index contributed by atoms with van der Waals surface area (Å²) in [7, 11) is 0. The highest BCUT2D eigenvalue weighted by Gasteiger charge is 2.29. The molecule has 2 aliphatic rings. The van der Waals surface area contributed by atoms with Crippen LogP contribution in [0.5, 0.6) is 0 Å². The number of likely N-dealkylation sites (tertiary alicyclic amines) is 1. The average molecular weight is 493 g/mol. The summed E-state index contributed by atoms with van der Waals surface area (Å²) < 4.78 is 5.71. The van der Waals surface area contributed by atoms with Crippen LogP contribution in [0.15, 0.2) is 59.3 Å². The Morgan fingerprint density at radius 1 is 0.800 bits per heavy atom. The fraction of sp³-hybridized carbons (Fsp3) is 0.370. The van der Waals surface area contributed by atoms with E-state index in [1.165, 1.54) is 6.39 Å². The monoisotopic (exact) mass is 492 g/mol. The van der Waals surface area contributed by atoms with Crippen LogP contribution in [-0.2, 0) is 0 Å². The van der Waals surface area contributed by atoms with E-state index in [1.54, 1.807) is 4.90 Å². The van der Waals surface area contributed by atoms with Crippen molar-refractivity contribution in [2.24, 2.45) is 0 Å². The quantitative estimate of drug-likeness (QED) is 0.514. The highest BCUT2D eigenvalue weighted by atomic mass is 35.5. The van der Waals surface area contributed by atoms with Crippen molar-refractivity contribution in [2.75, 3.05) is 44.2 Å². The molecule has 5 rings (SSSR count). The minimum absolute atomic E-state index is 0.0209. The first-order chi connectivity index (χ1) is 17.1. The summed E-state index contributed by atoms with van der Waals surface area (Å²) in [5.41, 5.74) is 2.45. The number of benzene rings is 2. The molecule has 2 amide bonds. The maximum atomic E-state index is 13.4. The van der Waals surface area contributed by atoms with Gasteiger partial charge in [-0.15, -0.1) is 0 Å². The number of carbonyl (C=O) groups is 2. The summed E-state index contributed by atoms with van der Waals surface area (Å²) in [6.07, 6.45) is 5.62. The number of aromatic nitrogens is 1. The van der Waals surface area contributed by atoms with Gasteiger partial charge in [0.15, 0.2) is 17.8 Å². The maximum absolute atomic E-state index is 13.4. The van der Waals surface area contributed by atoms with Crippen molar-refractivity contribution in [1.29, 1.82) is 0 Å². The number of halogens is 1. The molecule has 3 heterocycles. The molecule has 0 aliphatic carbocycles. The molecule has 3 aromatic rings. The lowest BCUT2D eigenvalue weighted by molar-refractivity contribution is 0.0737. The highest BCUT2D eigenvalue weighted by molar-refractivity contribution is 6.30. The van der Waals surface area contributed by atoms with Crippen LogP contribution < -0.4 is 4.90 Å². The molecule has 2 fully saturated rings. The van der Waals surface area contributed by atoms with Crippen LogP contribution in [0.1, 0.15) is 46.5 Å². The van der Waals surface area contributed by atoms with Gasteiger partial charge in [0, 0.05) is 55.5 Å². The molecule has 182 valence electrons. The normalized spacial score (nSPS) is 16.8. The molecule has 0 radical (unpaired) electrons. The van der Waals surface area contributed by atoms with Crippen LogP contribution in [0.2, 0.25) is 5.02 Å². The van der Waals surface area contributed by atoms with Gasteiger partial charge in [0.1, 0.15) is 0 Å². The van der Waals surface area contributed by atoms with Gasteiger partial charge >= 0.3 is 0 Å². The van der Waals surface area contributed by atoms with Gasteiger partial charge in [-0.3, -0.25) is 9.59 Å². The van der Waals surface area contributed by atoms with E-state index < -0.39 is 0 Å². The van der Waals surface area contributed by atoms with Gasteiger partial charge in [0.25, 0.3) is 11.8 Å². The maximum Gasteiger partial charge on any atom is 0.276 e. The van der Waals surface area contributed by atoms with Crippen molar-refractivity contribution >= 4 is 29.1 Å². The van der Waals surface area contributed by atoms with E-state index in [-0.39, 0.29) is 17.5 Å². The van der Waals surface area contributed by atoms with Crippen molar-refractivity contribution in [2.45, 2.75) is 25.7 Å². The van der Waals surface area contributed by atoms with Crippen molar-refractivity contribution in [3.05, 3.63) is 71.2 Å². The largest absolute Gasteiger partial charge is 0.443 e. The molecule has 0 atom stereocenters. The molecule has 0 spiro atoms. The van der Waals surface area contributed by atoms with Crippen LogP contribution in [0.25, 0.3) is 11.3 Å². The van der Waals surface area contributed by atoms with Crippen LogP contribution in [-0.4, -0.2) is 65.9 Å². The van der Waals surface area contributed by atoms with Crippen molar-refractivity contribution < 1.29 is 14.0 Å². The Labute approximate surface area is 210 Å². The molecule has 7 nitrogen and oxygen atoms in total. The van der Waals surface area contributed by atoms with Gasteiger partial charge in [-0.25, -0.2) is 4.98 Å².